The molecule has 1 aromatic rings. The van der Waals surface area contributed by atoms with Crippen LogP contribution in [-0.2, 0) is 22.9 Å². The van der Waals surface area contributed by atoms with Crippen LogP contribution in [0.5, 0.6) is 0 Å². The summed E-state index contributed by atoms with van der Waals surface area (Å²) in [6, 6.07) is 6.44. The first-order valence-electron chi connectivity index (χ1n) is 9.00. The number of hydrogen-bond acceptors (Lipinski definition) is 3. The summed E-state index contributed by atoms with van der Waals surface area (Å²) in [6.45, 7) is 3.04. The van der Waals surface area contributed by atoms with Crippen LogP contribution < -0.4 is 0 Å². The van der Waals surface area contributed by atoms with Crippen molar-refractivity contribution in [3.63, 3.8) is 0 Å². The SMILES string of the molecule is O=S(=O)(c1ccc2c(c1)CCC2)N1CCN(C2CCCC2)CC1. The van der Waals surface area contributed by atoms with Gasteiger partial charge in [-0.2, -0.15) is 4.31 Å². The van der Waals surface area contributed by atoms with Crippen LogP contribution >= 0.6 is 0 Å². The van der Waals surface area contributed by atoms with Gasteiger partial charge in [-0.05, 0) is 55.4 Å². The van der Waals surface area contributed by atoms with Gasteiger partial charge >= 0.3 is 0 Å². The Bertz CT molecular complexity index is 672. The van der Waals surface area contributed by atoms with Crippen molar-refractivity contribution in [3.05, 3.63) is 29.3 Å². The maximum absolute atomic E-state index is 12.9. The van der Waals surface area contributed by atoms with Crippen LogP contribution in [0, 0.1) is 0 Å². The van der Waals surface area contributed by atoms with Crippen molar-refractivity contribution in [2.24, 2.45) is 0 Å². The second-order valence-corrected chi connectivity index (χ2v) is 9.10. The van der Waals surface area contributed by atoms with E-state index in [-0.39, 0.29) is 0 Å². The van der Waals surface area contributed by atoms with Gasteiger partial charge in [0.25, 0.3) is 0 Å². The number of piperazine rings is 1. The second kappa shape index (κ2) is 6.19. The minimum atomic E-state index is -3.32. The van der Waals surface area contributed by atoms with Gasteiger partial charge in [0.15, 0.2) is 0 Å². The molecule has 1 aromatic carbocycles. The molecule has 0 radical (unpaired) electrons. The standard InChI is InChI=1S/C18H26N2O2S/c21-23(22,18-9-8-15-4-3-5-16(15)14-18)20-12-10-19(11-13-20)17-6-1-2-7-17/h8-9,14,17H,1-7,10-13H2. The van der Waals surface area contributed by atoms with Crippen LogP contribution in [0.1, 0.15) is 43.2 Å². The average molecular weight is 334 g/mol. The molecule has 126 valence electrons. The lowest BCUT2D eigenvalue weighted by molar-refractivity contribution is 0.139. The molecule has 0 bridgehead atoms. The van der Waals surface area contributed by atoms with Crippen LogP contribution in [0.4, 0.5) is 0 Å². The third-order valence-electron chi connectivity index (χ3n) is 5.82. The topological polar surface area (TPSA) is 40.6 Å². The summed E-state index contributed by atoms with van der Waals surface area (Å²) in [7, 11) is -3.32. The maximum Gasteiger partial charge on any atom is 0.243 e. The molecule has 5 heteroatoms. The molecule has 1 aliphatic heterocycles. The lowest BCUT2D eigenvalue weighted by Gasteiger charge is -2.37. The summed E-state index contributed by atoms with van der Waals surface area (Å²) in [6.07, 6.45) is 8.51. The molecule has 0 atom stereocenters. The molecule has 0 aromatic heterocycles. The van der Waals surface area contributed by atoms with Crippen LogP contribution in [0.25, 0.3) is 0 Å². The minimum Gasteiger partial charge on any atom is -0.298 e. The molecule has 1 saturated carbocycles. The van der Waals surface area contributed by atoms with E-state index in [1.165, 1.54) is 36.8 Å². The van der Waals surface area contributed by atoms with Gasteiger partial charge in [-0.1, -0.05) is 18.9 Å². The molecule has 0 spiro atoms. The summed E-state index contributed by atoms with van der Waals surface area (Å²) in [5, 5.41) is 0. The fourth-order valence-corrected chi connectivity index (χ4v) is 5.91. The molecule has 0 unspecified atom stereocenters. The van der Waals surface area contributed by atoms with E-state index in [9.17, 15) is 8.42 Å². The Morgan fingerprint density at radius 1 is 0.870 bits per heavy atom. The van der Waals surface area contributed by atoms with Crippen LogP contribution in [0.3, 0.4) is 0 Å². The molecule has 0 N–H and O–H groups in total. The largest absolute Gasteiger partial charge is 0.298 e. The zero-order valence-corrected chi connectivity index (χ0v) is 14.5. The van der Waals surface area contributed by atoms with Gasteiger partial charge in [-0.15, -0.1) is 0 Å². The maximum atomic E-state index is 12.9. The Balaban J connectivity index is 1.47. The summed E-state index contributed by atoms with van der Waals surface area (Å²) in [5.74, 6) is 0. The Kier molecular flexibility index (Phi) is 4.20. The molecule has 2 aliphatic carbocycles. The first-order chi connectivity index (χ1) is 11.1. The van der Waals surface area contributed by atoms with Gasteiger partial charge in [-0.25, -0.2) is 8.42 Å². The van der Waals surface area contributed by atoms with E-state index in [0.29, 0.717) is 24.0 Å². The predicted octanol–water partition coefficient (Wildman–Crippen LogP) is 2.42. The molecular formula is C18H26N2O2S. The lowest BCUT2D eigenvalue weighted by atomic mass is 10.1. The molecule has 4 rings (SSSR count). The van der Waals surface area contributed by atoms with E-state index in [2.05, 4.69) is 4.90 Å². The fourth-order valence-electron chi connectivity index (χ4n) is 4.44. The van der Waals surface area contributed by atoms with E-state index in [4.69, 9.17) is 0 Å². The summed E-state index contributed by atoms with van der Waals surface area (Å²) in [5.41, 5.74) is 2.56. The number of fused-ring (bicyclic) bond motifs is 1. The molecule has 1 saturated heterocycles. The number of sulfonamides is 1. The summed E-state index contributed by atoms with van der Waals surface area (Å²) >= 11 is 0. The molecular weight excluding hydrogens is 308 g/mol. The molecule has 23 heavy (non-hydrogen) atoms. The van der Waals surface area contributed by atoms with Crippen molar-refractivity contribution in [2.75, 3.05) is 26.2 Å². The molecule has 3 aliphatic rings. The van der Waals surface area contributed by atoms with Gasteiger partial charge in [0, 0.05) is 32.2 Å². The van der Waals surface area contributed by atoms with Crippen molar-refractivity contribution >= 4 is 10.0 Å². The normalized spacial score (nSPS) is 24.2. The zero-order chi connectivity index (χ0) is 15.9. The van der Waals surface area contributed by atoms with Crippen molar-refractivity contribution in [1.29, 1.82) is 0 Å². The van der Waals surface area contributed by atoms with Gasteiger partial charge in [0.1, 0.15) is 0 Å². The van der Waals surface area contributed by atoms with Crippen molar-refractivity contribution < 1.29 is 8.42 Å². The highest BCUT2D eigenvalue weighted by Gasteiger charge is 2.32. The molecule has 0 amide bonds. The Labute approximate surface area is 139 Å². The minimum absolute atomic E-state index is 0.493. The highest BCUT2D eigenvalue weighted by Crippen LogP contribution is 2.28. The Morgan fingerprint density at radius 2 is 1.57 bits per heavy atom. The predicted molar refractivity (Wildman–Crippen MR) is 91.1 cm³/mol. The number of benzene rings is 1. The number of nitrogens with zero attached hydrogens (tertiary/aromatic N) is 2. The van der Waals surface area contributed by atoms with Crippen LogP contribution in [0.2, 0.25) is 0 Å². The molecule has 2 fully saturated rings. The smallest absolute Gasteiger partial charge is 0.243 e. The zero-order valence-electron chi connectivity index (χ0n) is 13.7. The second-order valence-electron chi connectivity index (χ2n) is 7.16. The van der Waals surface area contributed by atoms with E-state index in [0.717, 1.165) is 32.4 Å². The third kappa shape index (κ3) is 2.94. The van der Waals surface area contributed by atoms with E-state index < -0.39 is 10.0 Å². The Morgan fingerprint density at radius 3 is 2.30 bits per heavy atom. The Hall–Kier alpha value is -0.910. The number of rotatable bonds is 3. The van der Waals surface area contributed by atoms with Gasteiger partial charge in [-0.3, -0.25) is 4.90 Å². The molecule has 4 nitrogen and oxygen atoms in total. The van der Waals surface area contributed by atoms with E-state index >= 15 is 0 Å². The lowest BCUT2D eigenvalue weighted by Crippen LogP contribution is -2.51. The molecule has 1 heterocycles. The first-order valence-corrected chi connectivity index (χ1v) is 10.4. The first kappa shape index (κ1) is 15.6. The average Bonchev–Trinajstić information content (AvgIpc) is 3.25. The van der Waals surface area contributed by atoms with Gasteiger partial charge < -0.3 is 0 Å². The summed E-state index contributed by atoms with van der Waals surface area (Å²) < 4.78 is 27.5. The van der Waals surface area contributed by atoms with Crippen LogP contribution in [0.15, 0.2) is 23.1 Å². The van der Waals surface area contributed by atoms with Crippen molar-refractivity contribution in [2.45, 2.75) is 55.9 Å². The fraction of sp³-hybridized carbons (Fsp3) is 0.667. The monoisotopic (exact) mass is 334 g/mol. The van der Waals surface area contributed by atoms with E-state index in [1.807, 2.05) is 18.2 Å². The van der Waals surface area contributed by atoms with Crippen molar-refractivity contribution in [1.82, 2.24) is 9.21 Å². The van der Waals surface area contributed by atoms with E-state index in [1.54, 1.807) is 4.31 Å². The third-order valence-corrected chi connectivity index (χ3v) is 7.72. The van der Waals surface area contributed by atoms with Gasteiger partial charge in [0.2, 0.25) is 10.0 Å². The highest BCUT2D eigenvalue weighted by atomic mass is 32.2. The van der Waals surface area contributed by atoms with Gasteiger partial charge in [0.05, 0.1) is 4.90 Å². The van der Waals surface area contributed by atoms with Crippen molar-refractivity contribution in [3.8, 4) is 0 Å². The number of aryl methyl sites for hydroxylation is 2. The number of hydrogen-bond donors (Lipinski definition) is 0. The van der Waals surface area contributed by atoms with Crippen LogP contribution in [-0.4, -0.2) is 49.8 Å². The highest BCUT2D eigenvalue weighted by molar-refractivity contribution is 7.89. The quantitative estimate of drug-likeness (QED) is 0.852. The summed E-state index contributed by atoms with van der Waals surface area (Å²) in [4.78, 5) is 2.99.